The van der Waals surface area contributed by atoms with E-state index in [0.717, 1.165) is 40.9 Å². The van der Waals surface area contributed by atoms with Crippen molar-refractivity contribution >= 4 is 29.4 Å². The fourth-order valence-electron chi connectivity index (χ4n) is 5.16. The molecule has 0 bridgehead atoms. The van der Waals surface area contributed by atoms with E-state index >= 15 is 0 Å². The number of methoxy groups -OCH3 is 3. The first-order chi connectivity index (χ1) is 20.5. The van der Waals surface area contributed by atoms with Crippen LogP contribution in [-0.2, 0) is 9.59 Å². The average molecular weight is 585 g/mol. The van der Waals surface area contributed by atoms with Crippen molar-refractivity contribution in [2.24, 2.45) is 0 Å². The first-order valence-electron chi connectivity index (χ1n) is 13.8. The lowest BCUT2D eigenvalue weighted by Gasteiger charge is -2.23. The number of anilines is 1. The largest absolute Gasteiger partial charge is 0.497 e. The molecule has 1 aliphatic carbocycles. The number of ether oxygens (including phenoxy) is 3. The molecule has 1 aromatic heterocycles. The molecule has 0 spiro atoms. The second-order valence-electron chi connectivity index (χ2n) is 10.2. The zero-order chi connectivity index (χ0) is 29.2. The Kier molecular flexibility index (Phi) is 7.80. The van der Waals surface area contributed by atoms with Crippen LogP contribution in [0.1, 0.15) is 29.2 Å². The highest BCUT2D eigenvalue weighted by Gasteiger charge is 2.38. The van der Waals surface area contributed by atoms with Crippen molar-refractivity contribution in [2.45, 2.75) is 24.1 Å². The van der Waals surface area contributed by atoms with E-state index in [9.17, 15) is 9.59 Å². The molecule has 1 atom stereocenters. The average Bonchev–Trinajstić information content (AvgIpc) is 3.78. The quantitative estimate of drug-likeness (QED) is 0.296. The van der Waals surface area contributed by atoms with Crippen molar-refractivity contribution in [3.63, 3.8) is 0 Å². The van der Waals surface area contributed by atoms with Gasteiger partial charge >= 0.3 is 0 Å². The Bertz CT molecular complexity index is 1600. The van der Waals surface area contributed by atoms with Gasteiger partial charge in [0.15, 0.2) is 11.5 Å². The Balaban J connectivity index is 1.59. The number of carbonyl (C=O) groups excluding carboxylic acids is 2. The lowest BCUT2D eigenvalue weighted by atomic mass is 9.99. The van der Waals surface area contributed by atoms with Crippen molar-refractivity contribution < 1.29 is 23.8 Å². The molecule has 1 aliphatic heterocycles. The summed E-state index contributed by atoms with van der Waals surface area (Å²) in [5.74, 6) is 2.32. The second kappa shape index (κ2) is 11.8. The van der Waals surface area contributed by atoms with Gasteiger partial charge in [0.05, 0.1) is 43.7 Å². The van der Waals surface area contributed by atoms with E-state index in [2.05, 4.69) is 5.32 Å². The van der Waals surface area contributed by atoms with Crippen molar-refractivity contribution in [1.82, 2.24) is 15.1 Å². The molecule has 4 aromatic rings. The third kappa shape index (κ3) is 5.42. The maximum atomic E-state index is 13.9. The number of amides is 2. The molecule has 3 aromatic carbocycles. The normalized spacial score (nSPS) is 16.4. The third-order valence-corrected chi connectivity index (χ3v) is 8.66. The van der Waals surface area contributed by atoms with Crippen LogP contribution in [0.15, 0.2) is 72.8 Å². The van der Waals surface area contributed by atoms with Gasteiger partial charge < -0.3 is 19.5 Å². The molecule has 1 saturated carbocycles. The Morgan fingerprint density at radius 2 is 1.69 bits per heavy atom. The van der Waals surface area contributed by atoms with Crippen LogP contribution in [-0.4, -0.2) is 61.3 Å². The van der Waals surface area contributed by atoms with E-state index in [1.165, 1.54) is 11.8 Å². The Morgan fingerprint density at radius 1 is 0.952 bits per heavy atom. The smallest absolute Gasteiger partial charge is 0.240 e. The molecule has 216 valence electrons. The topological polar surface area (TPSA) is 94.9 Å². The van der Waals surface area contributed by atoms with Crippen LogP contribution in [0.5, 0.6) is 17.2 Å². The Morgan fingerprint density at radius 3 is 2.36 bits per heavy atom. The summed E-state index contributed by atoms with van der Waals surface area (Å²) in [5.41, 5.74) is 4.16. The molecular formula is C32H32N4O5S. The van der Waals surface area contributed by atoms with Gasteiger partial charge in [-0.2, -0.15) is 5.10 Å². The number of rotatable bonds is 9. The fraction of sp³-hybridized carbons (Fsp3) is 0.281. The number of benzene rings is 3. The maximum absolute atomic E-state index is 13.9. The molecule has 9 nitrogen and oxygen atoms in total. The number of hydrogen-bond donors (Lipinski definition) is 1. The number of fused-ring (bicyclic) bond motifs is 1. The summed E-state index contributed by atoms with van der Waals surface area (Å²) < 4.78 is 18.3. The monoisotopic (exact) mass is 584 g/mol. The molecule has 1 fully saturated rings. The SMILES string of the molecule is COc1ccc(-n2nc(-c3ccccc3)c3c2N(CC(=O)NC2CC2)C(=O)CS[C@@H]3c2ccc(OC)c(OC)c2)cc1. The van der Waals surface area contributed by atoms with Crippen molar-refractivity contribution in [2.75, 3.05) is 38.5 Å². The highest BCUT2D eigenvalue weighted by Crippen LogP contribution is 2.49. The van der Waals surface area contributed by atoms with Crippen molar-refractivity contribution in [3.05, 3.63) is 83.9 Å². The minimum atomic E-state index is -0.289. The summed E-state index contributed by atoms with van der Waals surface area (Å²) >= 11 is 1.51. The molecule has 42 heavy (non-hydrogen) atoms. The van der Waals surface area contributed by atoms with Gasteiger partial charge in [-0.25, -0.2) is 4.68 Å². The molecule has 1 N–H and O–H groups in total. The number of carbonyl (C=O) groups is 2. The molecule has 2 aliphatic rings. The van der Waals surface area contributed by atoms with E-state index in [1.54, 1.807) is 30.9 Å². The van der Waals surface area contributed by atoms with Gasteiger partial charge in [0, 0.05) is 17.2 Å². The molecule has 10 heteroatoms. The third-order valence-electron chi connectivity index (χ3n) is 7.41. The van der Waals surface area contributed by atoms with Gasteiger partial charge in [0.1, 0.15) is 18.1 Å². The number of nitrogens with zero attached hydrogens (tertiary/aromatic N) is 3. The maximum Gasteiger partial charge on any atom is 0.240 e. The van der Waals surface area contributed by atoms with Crippen molar-refractivity contribution in [3.8, 4) is 34.2 Å². The number of hydrogen-bond acceptors (Lipinski definition) is 7. The highest BCUT2D eigenvalue weighted by molar-refractivity contribution is 8.00. The minimum Gasteiger partial charge on any atom is -0.497 e. The zero-order valence-electron chi connectivity index (χ0n) is 23.7. The predicted molar refractivity (Wildman–Crippen MR) is 163 cm³/mol. The lowest BCUT2D eigenvalue weighted by Crippen LogP contribution is -2.43. The molecule has 0 radical (unpaired) electrons. The first kappa shape index (κ1) is 27.7. The molecule has 2 amide bonds. The predicted octanol–water partition coefficient (Wildman–Crippen LogP) is 5.01. The Labute approximate surface area is 248 Å². The summed E-state index contributed by atoms with van der Waals surface area (Å²) in [4.78, 5) is 28.6. The number of nitrogens with one attached hydrogen (secondary N) is 1. The summed E-state index contributed by atoms with van der Waals surface area (Å²) in [6.07, 6.45) is 1.92. The molecule has 0 saturated heterocycles. The number of thioether (sulfide) groups is 1. The van der Waals surface area contributed by atoms with Crippen LogP contribution in [0, 0.1) is 0 Å². The van der Waals surface area contributed by atoms with Crippen LogP contribution in [0.3, 0.4) is 0 Å². The van der Waals surface area contributed by atoms with Gasteiger partial charge in [-0.1, -0.05) is 36.4 Å². The standard InChI is InChI=1S/C32H32N4O5S/c1-39-24-14-12-23(13-15-24)36-32-29(30(34-36)20-7-5-4-6-8-20)31(21-9-16-25(40-2)26(17-21)41-3)42-19-28(38)35(32)18-27(37)33-22-10-11-22/h4-9,12-17,22,31H,10-11,18-19H2,1-3H3,(H,33,37)/t31-/m1/s1. The Hall–Kier alpha value is -4.44. The lowest BCUT2D eigenvalue weighted by molar-refractivity contribution is -0.123. The van der Waals surface area contributed by atoms with Gasteiger partial charge in [-0.3, -0.25) is 14.5 Å². The fourth-order valence-corrected chi connectivity index (χ4v) is 6.34. The van der Waals surface area contributed by atoms with E-state index in [4.69, 9.17) is 19.3 Å². The molecule has 6 rings (SSSR count). The second-order valence-corrected chi connectivity index (χ2v) is 11.3. The van der Waals surface area contributed by atoms with Crippen LogP contribution in [0.4, 0.5) is 5.82 Å². The van der Waals surface area contributed by atoms with E-state index < -0.39 is 0 Å². The molecule has 0 unspecified atom stereocenters. The summed E-state index contributed by atoms with van der Waals surface area (Å²) in [6.45, 7) is -0.0996. The van der Waals surface area contributed by atoms with Gasteiger partial charge in [0.2, 0.25) is 11.8 Å². The van der Waals surface area contributed by atoms with E-state index in [1.807, 2.05) is 72.8 Å². The van der Waals surface area contributed by atoms with Crippen LogP contribution in [0.2, 0.25) is 0 Å². The van der Waals surface area contributed by atoms with Gasteiger partial charge in [-0.05, 0) is 54.8 Å². The van der Waals surface area contributed by atoms with E-state index in [-0.39, 0.29) is 35.4 Å². The summed E-state index contributed by atoms with van der Waals surface area (Å²) in [6, 6.07) is 23.4. The minimum absolute atomic E-state index is 0.0996. The van der Waals surface area contributed by atoms with Crippen LogP contribution >= 0.6 is 11.8 Å². The molecular weight excluding hydrogens is 552 g/mol. The van der Waals surface area contributed by atoms with Crippen LogP contribution in [0.25, 0.3) is 16.9 Å². The molecule has 2 heterocycles. The van der Waals surface area contributed by atoms with Gasteiger partial charge in [-0.15, -0.1) is 11.8 Å². The van der Waals surface area contributed by atoms with Gasteiger partial charge in [0.25, 0.3) is 0 Å². The summed E-state index contributed by atoms with van der Waals surface area (Å²) in [5, 5.41) is 7.88. The van der Waals surface area contributed by atoms with Crippen LogP contribution < -0.4 is 24.4 Å². The first-order valence-corrected chi connectivity index (χ1v) is 14.8. The highest BCUT2D eigenvalue weighted by atomic mass is 32.2. The number of aromatic nitrogens is 2. The van der Waals surface area contributed by atoms with E-state index in [0.29, 0.717) is 23.1 Å². The van der Waals surface area contributed by atoms with Crippen molar-refractivity contribution in [1.29, 1.82) is 0 Å². The zero-order valence-corrected chi connectivity index (χ0v) is 24.5. The summed E-state index contributed by atoms with van der Waals surface area (Å²) in [7, 11) is 4.83.